The summed E-state index contributed by atoms with van der Waals surface area (Å²) in [4.78, 5) is 52.9. The largest absolute Gasteiger partial charge is 0.501 e. The fourth-order valence-corrected chi connectivity index (χ4v) is 4.72. The van der Waals surface area contributed by atoms with Gasteiger partial charge in [-0.05, 0) is 54.0 Å². The van der Waals surface area contributed by atoms with Crippen molar-refractivity contribution >= 4 is 33.6 Å². The molecule has 0 bridgehead atoms. The van der Waals surface area contributed by atoms with Crippen molar-refractivity contribution in [2.24, 2.45) is 0 Å². The minimum absolute atomic E-state index is 0.0562. The summed E-state index contributed by atoms with van der Waals surface area (Å²) in [6, 6.07) is -0.346. The third-order valence-electron chi connectivity index (χ3n) is 5.04. The van der Waals surface area contributed by atoms with Crippen molar-refractivity contribution in [2.75, 3.05) is 20.3 Å². The smallest absolute Gasteiger partial charge is 0.426 e. The van der Waals surface area contributed by atoms with Crippen LogP contribution in [0.3, 0.4) is 0 Å². The van der Waals surface area contributed by atoms with Gasteiger partial charge in [-0.3, -0.25) is 18.7 Å². The van der Waals surface area contributed by atoms with Gasteiger partial charge in [0.15, 0.2) is 0 Å². The van der Waals surface area contributed by atoms with E-state index in [0.29, 0.717) is 27.3 Å². The SMILES string of the molecule is CCOC=CC(=O)N(Cc1sc2c(c1C)c(=O)n(C(C)C)c(=O)n2CCOC)NC(=O)OC(C)(C)C. The van der Waals surface area contributed by atoms with Crippen molar-refractivity contribution in [3.63, 3.8) is 0 Å². The molecule has 0 aliphatic carbocycles. The first-order valence-electron chi connectivity index (χ1n) is 11.7. The van der Waals surface area contributed by atoms with Crippen LogP contribution in [-0.2, 0) is 32.1 Å². The first-order valence-corrected chi connectivity index (χ1v) is 12.5. The molecule has 0 aliphatic rings. The Morgan fingerprint density at radius 3 is 2.44 bits per heavy atom. The second-order valence-corrected chi connectivity index (χ2v) is 10.4. The predicted molar refractivity (Wildman–Crippen MR) is 138 cm³/mol. The van der Waals surface area contributed by atoms with E-state index in [1.165, 1.54) is 39.9 Å². The maximum absolute atomic E-state index is 13.3. The fourth-order valence-electron chi connectivity index (χ4n) is 3.42. The number of amides is 2. The van der Waals surface area contributed by atoms with Gasteiger partial charge in [-0.15, -0.1) is 11.3 Å². The number of methoxy groups -OCH3 is 1. The van der Waals surface area contributed by atoms with Gasteiger partial charge in [-0.2, -0.15) is 0 Å². The molecule has 1 N–H and O–H groups in total. The molecule has 0 radical (unpaired) electrons. The van der Waals surface area contributed by atoms with Gasteiger partial charge in [0.1, 0.15) is 10.4 Å². The molecule has 2 rings (SSSR count). The van der Waals surface area contributed by atoms with E-state index in [0.717, 1.165) is 5.01 Å². The summed E-state index contributed by atoms with van der Waals surface area (Å²) in [7, 11) is 1.54. The Labute approximate surface area is 214 Å². The molecule has 0 saturated heterocycles. The van der Waals surface area contributed by atoms with Crippen LogP contribution >= 0.6 is 11.3 Å². The summed E-state index contributed by atoms with van der Waals surface area (Å²) in [5.41, 5.74) is 1.51. The number of hydrazine groups is 1. The topological polar surface area (TPSA) is 121 Å². The van der Waals surface area contributed by atoms with Crippen LogP contribution in [0.1, 0.15) is 58.0 Å². The molecule has 0 aliphatic heterocycles. The van der Waals surface area contributed by atoms with Crippen LogP contribution in [0.5, 0.6) is 0 Å². The number of rotatable bonds is 9. The Kier molecular flexibility index (Phi) is 9.88. The van der Waals surface area contributed by atoms with Gasteiger partial charge in [-0.25, -0.2) is 20.0 Å². The molecule has 200 valence electrons. The molecule has 0 saturated carbocycles. The van der Waals surface area contributed by atoms with Crippen LogP contribution < -0.4 is 16.7 Å². The van der Waals surface area contributed by atoms with Crippen molar-refractivity contribution in [1.82, 2.24) is 19.6 Å². The van der Waals surface area contributed by atoms with Crippen LogP contribution in [0, 0.1) is 6.92 Å². The highest BCUT2D eigenvalue weighted by molar-refractivity contribution is 7.18. The third-order valence-corrected chi connectivity index (χ3v) is 6.34. The second kappa shape index (κ2) is 12.2. The number of aromatic nitrogens is 2. The van der Waals surface area contributed by atoms with Crippen LogP contribution in [0.15, 0.2) is 21.9 Å². The maximum Gasteiger partial charge on any atom is 0.426 e. The summed E-state index contributed by atoms with van der Waals surface area (Å²) in [5.74, 6) is -0.553. The molecule has 2 amide bonds. The molecule has 0 atom stereocenters. The van der Waals surface area contributed by atoms with Gasteiger partial charge in [0.05, 0.1) is 38.0 Å². The van der Waals surface area contributed by atoms with Gasteiger partial charge in [0.25, 0.3) is 11.5 Å². The lowest BCUT2D eigenvalue weighted by Gasteiger charge is -2.25. The normalized spacial score (nSPS) is 11.9. The van der Waals surface area contributed by atoms with Crippen molar-refractivity contribution in [1.29, 1.82) is 0 Å². The lowest BCUT2D eigenvalue weighted by molar-refractivity contribution is -0.129. The Morgan fingerprint density at radius 1 is 1.22 bits per heavy atom. The lowest BCUT2D eigenvalue weighted by atomic mass is 10.2. The molecule has 0 unspecified atom stereocenters. The van der Waals surface area contributed by atoms with E-state index in [-0.39, 0.29) is 25.7 Å². The minimum atomic E-state index is -0.807. The Bertz CT molecular complexity index is 1230. The highest BCUT2D eigenvalue weighted by atomic mass is 32.1. The van der Waals surface area contributed by atoms with E-state index in [1.54, 1.807) is 48.5 Å². The minimum Gasteiger partial charge on any atom is -0.501 e. The molecule has 2 aromatic rings. The van der Waals surface area contributed by atoms with Crippen LogP contribution in [0.25, 0.3) is 10.2 Å². The third kappa shape index (κ3) is 6.97. The molecule has 2 heterocycles. The van der Waals surface area contributed by atoms with Gasteiger partial charge in [0.2, 0.25) is 0 Å². The number of thiophene rings is 1. The van der Waals surface area contributed by atoms with E-state index in [9.17, 15) is 19.2 Å². The zero-order chi connectivity index (χ0) is 27.2. The van der Waals surface area contributed by atoms with Crippen molar-refractivity contribution in [2.45, 2.75) is 73.2 Å². The van der Waals surface area contributed by atoms with E-state index in [1.807, 2.05) is 0 Å². The second-order valence-electron chi connectivity index (χ2n) is 9.32. The molecule has 0 spiro atoms. The number of carbonyl (C=O) groups excluding carboxylic acids is 2. The number of nitrogens with zero attached hydrogens (tertiary/aromatic N) is 3. The Morgan fingerprint density at radius 2 is 1.89 bits per heavy atom. The zero-order valence-electron chi connectivity index (χ0n) is 22.2. The number of hydrogen-bond donors (Lipinski definition) is 1. The Hall–Kier alpha value is -3.12. The number of ether oxygens (including phenoxy) is 3. The summed E-state index contributed by atoms with van der Waals surface area (Å²) in [6.45, 7) is 13.1. The quantitative estimate of drug-likeness (QED) is 0.304. The monoisotopic (exact) mass is 524 g/mol. The number of hydrogen-bond acceptors (Lipinski definition) is 8. The van der Waals surface area contributed by atoms with Crippen molar-refractivity contribution in [3.05, 3.63) is 43.6 Å². The highest BCUT2D eigenvalue weighted by Gasteiger charge is 2.25. The molecule has 12 heteroatoms. The summed E-state index contributed by atoms with van der Waals surface area (Å²) in [6.07, 6.45) is 1.62. The van der Waals surface area contributed by atoms with E-state index >= 15 is 0 Å². The zero-order valence-corrected chi connectivity index (χ0v) is 23.0. The van der Waals surface area contributed by atoms with Crippen LogP contribution in [0.4, 0.5) is 4.79 Å². The van der Waals surface area contributed by atoms with Gasteiger partial charge < -0.3 is 14.2 Å². The number of nitrogens with one attached hydrogen (secondary N) is 1. The van der Waals surface area contributed by atoms with Crippen LogP contribution in [0.2, 0.25) is 0 Å². The average Bonchev–Trinajstić information content (AvgIpc) is 3.07. The molecule has 36 heavy (non-hydrogen) atoms. The highest BCUT2D eigenvalue weighted by Crippen LogP contribution is 2.29. The molecule has 0 aromatic carbocycles. The summed E-state index contributed by atoms with van der Waals surface area (Å²) in [5, 5.41) is 1.48. The predicted octanol–water partition coefficient (Wildman–Crippen LogP) is 3.08. The molecule has 2 aromatic heterocycles. The first kappa shape index (κ1) is 29.1. The fraction of sp³-hybridized carbons (Fsp3) is 0.583. The Balaban J connectivity index is 2.60. The maximum atomic E-state index is 13.3. The van der Waals surface area contributed by atoms with Crippen LogP contribution in [-0.4, -0.2) is 52.1 Å². The lowest BCUT2D eigenvalue weighted by Crippen LogP contribution is -2.47. The van der Waals surface area contributed by atoms with E-state index in [2.05, 4.69) is 5.43 Å². The number of fused-ring (bicyclic) bond motifs is 1. The van der Waals surface area contributed by atoms with Gasteiger partial charge in [-0.1, -0.05) is 0 Å². The van der Waals surface area contributed by atoms with E-state index < -0.39 is 28.9 Å². The number of carbonyl (C=O) groups is 2. The standard InChI is InChI=1S/C24H36N4O7S/c1-9-34-12-10-18(29)27(25-22(31)35-24(5,6)7)14-17-16(4)19-20(30)28(15(2)3)23(32)26(11-13-33-8)21(19)36-17/h10,12,15H,9,11,13-14H2,1-8H3,(H,25,31). The molecular weight excluding hydrogens is 488 g/mol. The first-order chi connectivity index (χ1) is 16.8. The molecular formula is C24H36N4O7S. The van der Waals surface area contributed by atoms with Gasteiger partial charge >= 0.3 is 11.8 Å². The average molecular weight is 525 g/mol. The number of aryl methyl sites for hydroxylation is 1. The molecule has 11 nitrogen and oxygen atoms in total. The van der Waals surface area contributed by atoms with Crippen molar-refractivity contribution < 1.29 is 23.8 Å². The summed E-state index contributed by atoms with van der Waals surface area (Å²) < 4.78 is 18.3. The molecule has 0 fully saturated rings. The summed E-state index contributed by atoms with van der Waals surface area (Å²) >= 11 is 1.22. The van der Waals surface area contributed by atoms with E-state index in [4.69, 9.17) is 14.2 Å². The van der Waals surface area contributed by atoms with Gasteiger partial charge in [0, 0.05) is 24.1 Å². The van der Waals surface area contributed by atoms with Crippen molar-refractivity contribution in [3.8, 4) is 0 Å².